The van der Waals surface area contributed by atoms with Gasteiger partial charge in [-0.3, -0.25) is 4.79 Å². The van der Waals surface area contributed by atoms with Gasteiger partial charge in [0.1, 0.15) is 5.69 Å². The van der Waals surface area contributed by atoms with Crippen molar-refractivity contribution < 1.29 is 4.79 Å². The molecule has 1 heterocycles. The van der Waals surface area contributed by atoms with Crippen molar-refractivity contribution in [3.63, 3.8) is 0 Å². The smallest absolute Gasteiger partial charge is 0.277 e. The number of nitrogens with one attached hydrogen (secondary N) is 1. The normalized spacial score (nSPS) is 10.5. The summed E-state index contributed by atoms with van der Waals surface area (Å²) >= 11 is 0. The average Bonchev–Trinajstić information content (AvgIpc) is 2.67. The SMILES string of the molecule is CCN(C(=O)c1cc(C)nc(NCc2ccccc2)n1)c1cccc(C)c1. The summed E-state index contributed by atoms with van der Waals surface area (Å²) in [4.78, 5) is 23.7. The van der Waals surface area contributed by atoms with Crippen LogP contribution in [0, 0.1) is 13.8 Å². The van der Waals surface area contributed by atoms with Crippen LogP contribution in [0.4, 0.5) is 11.6 Å². The lowest BCUT2D eigenvalue weighted by Gasteiger charge is -2.21. The van der Waals surface area contributed by atoms with Crippen LogP contribution in [0.25, 0.3) is 0 Å². The molecule has 0 saturated carbocycles. The molecule has 0 aliphatic heterocycles. The minimum atomic E-state index is -0.128. The number of carbonyl (C=O) groups excluding carboxylic acids is 1. The zero-order valence-corrected chi connectivity index (χ0v) is 15.9. The van der Waals surface area contributed by atoms with Gasteiger partial charge in [0.2, 0.25) is 5.95 Å². The number of aromatic nitrogens is 2. The molecule has 0 unspecified atom stereocenters. The molecule has 2 aromatic carbocycles. The minimum absolute atomic E-state index is 0.128. The Balaban J connectivity index is 1.82. The van der Waals surface area contributed by atoms with Gasteiger partial charge in [-0.05, 0) is 50.1 Å². The van der Waals surface area contributed by atoms with Crippen LogP contribution < -0.4 is 10.2 Å². The van der Waals surface area contributed by atoms with Crippen LogP contribution in [0.5, 0.6) is 0 Å². The van der Waals surface area contributed by atoms with E-state index in [1.165, 1.54) is 0 Å². The highest BCUT2D eigenvalue weighted by molar-refractivity contribution is 6.05. The first-order valence-electron chi connectivity index (χ1n) is 9.09. The van der Waals surface area contributed by atoms with Gasteiger partial charge in [-0.2, -0.15) is 0 Å². The standard InChI is InChI=1S/C22H24N4O/c1-4-26(19-12-8-9-16(2)13-19)21(27)20-14-17(3)24-22(25-20)23-15-18-10-6-5-7-11-18/h5-14H,4,15H2,1-3H3,(H,23,24,25). The molecule has 1 amide bonds. The van der Waals surface area contributed by atoms with Gasteiger partial charge in [-0.25, -0.2) is 9.97 Å². The fraction of sp³-hybridized carbons (Fsp3) is 0.227. The monoisotopic (exact) mass is 360 g/mol. The summed E-state index contributed by atoms with van der Waals surface area (Å²) in [6.45, 7) is 7.02. The highest BCUT2D eigenvalue weighted by Crippen LogP contribution is 2.19. The molecule has 0 bridgehead atoms. The first-order valence-corrected chi connectivity index (χ1v) is 9.09. The van der Waals surface area contributed by atoms with Crippen LogP contribution in [0.2, 0.25) is 0 Å². The van der Waals surface area contributed by atoms with Crippen molar-refractivity contribution >= 4 is 17.5 Å². The lowest BCUT2D eigenvalue weighted by molar-refractivity contribution is 0.0983. The summed E-state index contributed by atoms with van der Waals surface area (Å²) in [5.74, 6) is 0.332. The van der Waals surface area contributed by atoms with E-state index in [9.17, 15) is 4.79 Å². The molecule has 0 aliphatic carbocycles. The molecule has 27 heavy (non-hydrogen) atoms. The van der Waals surface area contributed by atoms with Crippen LogP contribution in [0.15, 0.2) is 60.7 Å². The fourth-order valence-electron chi connectivity index (χ4n) is 2.91. The van der Waals surface area contributed by atoms with E-state index in [0.29, 0.717) is 24.7 Å². The lowest BCUT2D eigenvalue weighted by atomic mass is 10.2. The zero-order valence-electron chi connectivity index (χ0n) is 15.9. The van der Waals surface area contributed by atoms with E-state index in [4.69, 9.17) is 0 Å². The number of nitrogens with zero attached hydrogens (tertiary/aromatic N) is 3. The second kappa shape index (κ2) is 8.45. The number of benzene rings is 2. The maximum absolute atomic E-state index is 13.1. The van der Waals surface area contributed by atoms with Gasteiger partial charge in [0.05, 0.1) is 0 Å². The Morgan fingerprint density at radius 1 is 1.00 bits per heavy atom. The molecule has 1 aromatic heterocycles. The van der Waals surface area contributed by atoms with Crippen molar-refractivity contribution in [2.75, 3.05) is 16.8 Å². The molecule has 0 radical (unpaired) electrons. The summed E-state index contributed by atoms with van der Waals surface area (Å²) in [6.07, 6.45) is 0. The van der Waals surface area contributed by atoms with Crippen LogP contribution in [0.1, 0.15) is 34.2 Å². The fourth-order valence-corrected chi connectivity index (χ4v) is 2.91. The number of aryl methyl sites for hydroxylation is 2. The van der Waals surface area contributed by atoms with E-state index >= 15 is 0 Å². The molecular weight excluding hydrogens is 336 g/mol. The summed E-state index contributed by atoms with van der Waals surface area (Å²) < 4.78 is 0. The van der Waals surface area contributed by atoms with E-state index in [-0.39, 0.29) is 5.91 Å². The second-order valence-corrected chi connectivity index (χ2v) is 6.45. The summed E-state index contributed by atoms with van der Waals surface area (Å²) in [5, 5.41) is 3.21. The van der Waals surface area contributed by atoms with Crippen LogP contribution in [-0.2, 0) is 6.54 Å². The molecule has 3 aromatic rings. The molecule has 0 spiro atoms. The van der Waals surface area contributed by atoms with Crippen molar-refractivity contribution in [1.82, 2.24) is 9.97 Å². The third kappa shape index (κ3) is 4.70. The second-order valence-electron chi connectivity index (χ2n) is 6.45. The Morgan fingerprint density at radius 2 is 1.78 bits per heavy atom. The Kier molecular flexibility index (Phi) is 5.81. The van der Waals surface area contributed by atoms with Crippen LogP contribution in [-0.4, -0.2) is 22.4 Å². The molecule has 138 valence electrons. The van der Waals surface area contributed by atoms with Gasteiger partial charge in [0, 0.05) is 24.5 Å². The predicted octanol–water partition coefficient (Wildman–Crippen LogP) is 4.37. The van der Waals surface area contributed by atoms with Crippen molar-refractivity contribution in [1.29, 1.82) is 0 Å². The first kappa shape index (κ1) is 18.6. The van der Waals surface area contributed by atoms with Crippen molar-refractivity contribution in [3.05, 3.63) is 83.2 Å². The molecule has 3 rings (SSSR count). The maximum atomic E-state index is 13.1. The third-order valence-electron chi connectivity index (χ3n) is 4.24. The number of amides is 1. The molecule has 5 nitrogen and oxygen atoms in total. The summed E-state index contributed by atoms with van der Waals surface area (Å²) in [5.41, 5.74) is 4.26. The molecule has 0 aliphatic rings. The Morgan fingerprint density at radius 3 is 2.48 bits per heavy atom. The molecule has 0 atom stereocenters. The number of hydrogen-bond acceptors (Lipinski definition) is 4. The number of rotatable bonds is 6. The Bertz CT molecular complexity index is 925. The van der Waals surface area contributed by atoms with E-state index in [1.807, 2.05) is 75.4 Å². The highest BCUT2D eigenvalue weighted by atomic mass is 16.2. The highest BCUT2D eigenvalue weighted by Gasteiger charge is 2.19. The van der Waals surface area contributed by atoms with Gasteiger partial charge in [0.25, 0.3) is 5.91 Å². The van der Waals surface area contributed by atoms with Gasteiger partial charge in [-0.1, -0.05) is 42.5 Å². The largest absolute Gasteiger partial charge is 0.350 e. The first-order chi connectivity index (χ1) is 13.1. The maximum Gasteiger partial charge on any atom is 0.277 e. The third-order valence-corrected chi connectivity index (χ3v) is 4.24. The van der Waals surface area contributed by atoms with E-state index in [1.54, 1.807) is 11.0 Å². The molecular formula is C22H24N4O. The predicted molar refractivity (Wildman–Crippen MR) is 109 cm³/mol. The average molecular weight is 360 g/mol. The summed E-state index contributed by atoms with van der Waals surface area (Å²) in [7, 11) is 0. The van der Waals surface area contributed by atoms with Crippen molar-refractivity contribution in [2.45, 2.75) is 27.3 Å². The molecule has 1 N–H and O–H groups in total. The van der Waals surface area contributed by atoms with E-state index < -0.39 is 0 Å². The number of hydrogen-bond donors (Lipinski definition) is 1. The zero-order chi connectivity index (χ0) is 19.2. The van der Waals surface area contributed by atoms with Gasteiger partial charge >= 0.3 is 0 Å². The summed E-state index contributed by atoms with van der Waals surface area (Å²) in [6, 6.07) is 19.7. The van der Waals surface area contributed by atoms with Crippen molar-refractivity contribution in [2.24, 2.45) is 0 Å². The van der Waals surface area contributed by atoms with Crippen LogP contribution >= 0.6 is 0 Å². The van der Waals surface area contributed by atoms with Crippen LogP contribution in [0.3, 0.4) is 0 Å². The topological polar surface area (TPSA) is 58.1 Å². The number of carbonyl (C=O) groups is 1. The minimum Gasteiger partial charge on any atom is -0.350 e. The number of anilines is 2. The lowest BCUT2D eigenvalue weighted by Crippen LogP contribution is -2.31. The van der Waals surface area contributed by atoms with Gasteiger partial charge in [-0.15, -0.1) is 0 Å². The Hall–Kier alpha value is -3.21. The van der Waals surface area contributed by atoms with E-state index in [2.05, 4.69) is 15.3 Å². The van der Waals surface area contributed by atoms with E-state index in [0.717, 1.165) is 22.5 Å². The Labute approximate surface area is 160 Å². The molecule has 5 heteroatoms. The molecule has 0 saturated heterocycles. The van der Waals surface area contributed by atoms with Gasteiger partial charge in [0.15, 0.2) is 0 Å². The molecule has 0 fully saturated rings. The quantitative estimate of drug-likeness (QED) is 0.709. The van der Waals surface area contributed by atoms with Crippen molar-refractivity contribution in [3.8, 4) is 0 Å². The van der Waals surface area contributed by atoms with Gasteiger partial charge < -0.3 is 10.2 Å².